The molecule has 0 aliphatic carbocycles. The van der Waals surface area contributed by atoms with Crippen LogP contribution in [0.15, 0.2) is 30.5 Å². The van der Waals surface area contributed by atoms with Gasteiger partial charge in [-0.05, 0) is 43.9 Å². The predicted octanol–water partition coefficient (Wildman–Crippen LogP) is 2.53. The van der Waals surface area contributed by atoms with Crippen molar-refractivity contribution in [3.8, 4) is 0 Å². The van der Waals surface area contributed by atoms with Crippen molar-refractivity contribution in [1.82, 2.24) is 14.4 Å². The highest BCUT2D eigenvalue weighted by atomic mass is 16.5. The first-order valence-corrected chi connectivity index (χ1v) is 9.96. The van der Waals surface area contributed by atoms with Gasteiger partial charge in [-0.1, -0.05) is 18.2 Å². The van der Waals surface area contributed by atoms with Crippen molar-refractivity contribution in [3.63, 3.8) is 0 Å². The molecule has 0 N–H and O–H groups in total. The number of nitrogens with zero attached hydrogens (tertiary/aromatic N) is 3. The zero-order chi connectivity index (χ0) is 17.8. The van der Waals surface area contributed by atoms with E-state index < -0.39 is 0 Å². The molecule has 0 radical (unpaired) electrons. The molecule has 0 saturated carbocycles. The number of benzene rings is 1. The quantitative estimate of drug-likeness (QED) is 0.799. The molecule has 2 fully saturated rings. The maximum atomic E-state index is 12.6. The summed E-state index contributed by atoms with van der Waals surface area (Å²) in [5.41, 5.74) is 2.55. The molecule has 1 amide bonds. The minimum absolute atomic E-state index is 0.253. The molecule has 26 heavy (non-hydrogen) atoms. The Morgan fingerprint density at radius 3 is 2.62 bits per heavy atom. The fourth-order valence-corrected chi connectivity index (χ4v) is 4.18. The van der Waals surface area contributed by atoms with E-state index in [4.69, 9.17) is 4.74 Å². The summed E-state index contributed by atoms with van der Waals surface area (Å²) in [4.78, 5) is 17.1. The van der Waals surface area contributed by atoms with E-state index in [-0.39, 0.29) is 5.91 Å². The monoisotopic (exact) mass is 355 g/mol. The maximum absolute atomic E-state index is 12.6. The minimum Gasteiger partial charge on any atom is -0.379 e. The second-order valence-electron chi connectivity index (χ2n) is 7.44. The van der Waals surface area contributed by atoms with E-state index in [1.165, 1.54) is 16.5 Å². The first-order chi connectivity index (χ1) is 12.8. The van der Waals surface area contributed by atoms with Gasteiger partial charge in [0.15, 0.2) is 0 Å². The molecule has 0 atom stereocenters. The Balaban J connectivity index is 1.43. The molecular formula is C21H29N3O2. The molecule has 1 aromatic heterocycles. The fraction of sp³-hybridized carbons (Fsp3) is 0.571. The Kier molecular flexibility index (Phi) is 5.56. The third-order valence-corrected chi connectivity index (χ3v) is 5.66. The SMILES string of the molecule is O=C(Cn1cc(CCCN2CCOCC2)c2ccccc21)N1CCCC1. The summed E-state index contributed by atoms with van der Waals surface area (Å²) < 4.78 is 7.58. The summed E-state index contributed by atoms with van der Waals surface area (Å²) in [5.74, 6) is 0.253. The number of likely N-dealkylation sites (tertiary alicyclic amines) is 1. The van der Waals surface area contributed by atoms with Crippen LogP contribution in [0.5, 0.6) is 0 Å². The van der Waals surface area contributed by atoms with Crippen molar-refractivity contribution < 1.29 is 9.53 Å². The number of rotatable bonds is 6. The molecule has 2 aliphatic rings. The van der Waals surface area contributed by atoms with E-state index in [0.717, 1.165) is 71.6 Å². The number of fused-ring (bicyclic) bond motifs is 1. The molecular weight excluding hydrogens is 326 g/mol. The van der Waals surface area contributed by atoms with E-state index >= 15 is 0 Å². The van der Waals surface area contributed by atoms with E-state index in [0.29, 0.717) is 6.54 Å². The number of ether oxygens (including phenoxy) is 1. The third-order valence-electron chi connectivity index (χ3n) is 5.66. The van der Waals surface area contributed by atoms with Gasteiger partial charge in [-0.2, -0.15) is 0 Å². The molecule has 2 aromatic rings. The van der Waals surface area contributed by atoms with Gasteiger partial charge in [0.1, 0.15) is 6.54 Å². The van der Waals surface area contributed by atoms with Gasteiger partial charge in [0.05, 0.1) is 13.2 Å². The standard InChI is InChI=1S/C21H29N3O2/c25-21(23-10-3-4-11-23)17-24-16-18(19-7-1-2-8-20(19)24)6-5-9-22-12-14-26-15-13-22/h1-2,7-8,16H,3-6,9-15,17H2. The summed E-state index contributed by atoms with van der Waals surface area (Å²) in [5, 5.41) is 1.30. The highest BCUT2D eigenvalue weighted by Crippen LogP contribution is 2.23. The summed E-state index contributed by atoms with van der Waals surface area (Å²) in [6.07, 6.45) is 6.70. The number of para-hydroxylation sites is 1. The van der Waals surface area contributed by atoms with Crippen molar-refractivity contribution in [1.29, 1.82) is 0 Å². The summed E-state index contributed by atoms with van der Waals surface area (Å²) in [6, 6.07) is 8.49. The largest absolute Gasteiger partial charge is 0.379 e. The molecule has 4 rings (SSSR count). The maximum Gasteiger partial charge on any atom is 0.242 e. The highest BCUT2D eigenvalue weighted by Gasteiger charge is 2.19. The van der Waals surface area contributed by atoms with E-state index in [1.807, 2.05) is 4.90 Å². The lowest BCUT2D eigenvalue weighted by atomic mass is 10.1. The normalized spacial score (nSPS) is 18.7. The van der Waals surface area contributed by atoms with Crippen LogP contribution in [0, 0.1) is 0 Å². The van der Waals surface area contributed by atoms with Gasteiger partial charge in [0, 0.05) is 43.3 Å². The lowest BCUT2D eigenvalue weighted by Crippen LogP contribution is -2.36. The van der Waals surface area contributed by atoms with Crippen molar-refractivity contribution >= 4 is 16.8 Å². The van der Waals surface area contributed by atoms with E-state index in [2.05, 4.69) is 39.9 Å². The molecule has 5 heteroatoms. The van der Waals surface area contributed by atoms with Crippen molar-refractivity contribution in [2.45, 2.75) is 32.2 Å². The zero-order valence-electron chi connectivity index (χ0n) is 15.5. The second-order valence-corrected chi connectivity index (χ2v) is 7.44. The first kappa shape index (κ1) is 17.6. The Morgan fingerprint density at radius 1 is 1.04 bits per heavy atom. The summed E-state index contributed by atoms with van der Waals surface area (Å²) in [6.45, 7) is 7.24. The summed E-state index contributed by atoms with van der Waals surface area (Å²) in [7, 11) is 0. The molecule has 5 nitrogen and oxygen atoms in total. The molecule has 2 aliphatic heterocycles. The topological polar surface area (TPSA) is 37.7 Å². The second kappa shape index (κ2) is 8.23. The Hall–Kier alpha value is -1.85. The molecule has 0 bridgehead atoms. The average molecular weight is 355 g/mol. The highest BCUT2D eigenvalue weighted by molar-refractivity contribution is 5.86. The van der Waals surface area contributed by atoms with Gasteiger partial charge in [-0.3, -0.25) is 9.69 Å². The molecule has 3 heterocycles. The Bertz CT molecular complexity index is 743. The van der Waals surface area contributed by atoms with Crippen molar-refractivity contribution in [2.75, 3.05) is 45.9 Å². The fourth-order valence-electron chi connectivity index (χ4n) is 4.18. The number of hydrogen-bond acceptors (Lipinski definition) is 3. The lowest BCUT2D eigenvalue weighted by Gasteiger charge is -2.26. The van der Waals surface area contributed by atoms with Crippen LogP contribution in [-0.2, 0) is 22.5 Å². The molecule has 1 aromatic carbocycles. The minimum atomic E-state index is 0.253. The average Bonchev–Trinajstić information content (AvgIpc) is 3.32. The number of aryl methyl sites for hydroxylation is 1. The summed E-state index contributed by atoms with van der Waals surface area (Å²) >= 11 is 0. The van der Waals surface area contributed by atoms with Crippen LogP contribution in [0.1, 0.15) is 24.8 Å². The predicted molar refractivity (Wildman–Crippen MR) is 103 cm³/mol. The first-order valence-electron chi connectivity index (χ1n) is 9.96. The van der Waals surface area contributed by atoms with Crippen LogP contribution < -0.4 is 0 Å². The zero-order valence-corrected chi connectivity index (χ0v) is 15.5. The van der Waals surface area contributed by atoms with Crippen molar-refractivity contribution in [2.24, 2.45) is 0 Å². The molecule has 0 unspecified atom stereocenters. The van der Waals surface area contributed by atoms with Gasteiger partial charge < -0.3 is 14.2 Å². The van der Waals surface area contributed by atoms with Gasteiger partial charge in [-0.25, -0.2) is 0 Å². The van der Waals surface area contributed by atoms with Gasteiger partial charge in [0.25, 0.3) is 0 Å². The number of carbonyl (C=O) groups is 1. The molecule has 140 valence electrons. The molecule has 2 saturated heterocycles. The number of carbonyl (C=O) groups excluding carboxylic acids is 1. The number of hydrogen-bond donors (Lipinski definition) is 0. The Morgan fingerprint density at radius 2 is 1.81 bits per heavy atom. The van der Waals surface area contributed by atoms with Gasteiger partial charge in [0.2, 0.25) is 5.91 Å². The van der Waals surface area contributed by atoms with Crippen LogP contribution in [-0.4, -0.2) is 66.2 Å². The van der Waals surface area contributed by atoms with E-state index in [9.17, 15) is 4.79 Å². The number of aromatic nitrogens is 1. The number of morpholine rings is 1. The van der Waals surface area contributed by atoms with Gasteiger partial charge >= 0.3 is 0 Å². The van der Waals surface area contributed by atoms with Crippen LogP contribution in [0.2, 0.25) is 0 Å². The Labute approximate surface area is 155 Å². The smallest absolute Gasteiger partial charge is 0.242 e. The van der Waals surface area contributed by atoms with E-state index in [1.54, 1.807) is 0 Å². The number of amides is 1. The van der Waals surface area contributed by atoms with Crippen LogP contribution >= 0.6 is 0 Å². The van der Waals surface area contributed by atoms with Crippen LogP contribution in [0.25, 0.3) is 10.9 Å². The van der Waals surface area contributed by atoms with Crippen LogP contribution in [0.4, 0.5) is 0 Å². The van der Waals surface area contributed by atoms with Crippen LogP contribution in [0.3, 0.4) is 0 Å². The molecule has 0 spiro atoms. The van der Waals surface area contributed by atoms with Crippen molar-refractivity contribution in [3.05, 3.63) is 36.0 Å². The van der Waals surface area contributed by atoms with Gasteiger partial charge in [-0.15, -0.1) is 0 Å². The lowest BCUT2D eigenvalue weighted by molar-refractivity contribution is -0.130. The third kappa shape index (κ3) is 3.94.